The Morgan fingerprint density at radius 1 is 1.21 bits per heavy atom. The molecule has 1 rings (SSSR count). The number of carbonyl (C=O) groups is 5. The molecule has 0 aromatic carbocycles. The minimum absolute atomic E-state index is 0.212. The van der Waals surface area contributed by atoms with Crippen LogP contribution < -0.4 is 11.5 Å². The van der Waals surface area contributed by atoms with Gasteiger partial charge in [-0.3, -0.25) is 19.3 Å². The van der Waals surface area contributed by atoms with E-state index in [4.69, 9.17) is 27.4 Å². The van der Waals surface area contributed by atoms with Gasteiger partial charge in [0.15, 0.2) is 5.54 Å². The summed E-state index contributed by atoms with van der Waals surface area (Å²) in [4.78, 5) is 61.1. The lowest BCUT2D eigenvalue weighted by molar-refractivity contribution is -0.235. The number of amides is 2. The molecule has 9 N–H and O–H groups in total. The first-order valence-electron chi connectivity index (χ1n) is 10.8. The molecule has 1 heterocycles. The van der Waals surface area contributed by atoms with Gasteiger partial charge < -0.3 is 46.5 Å². The summed E-state index contributed by atoms with van der Waals surface area (Å²) in [5.41, 5.74) is 9.05. The van der Waals surface area contributed by atoms with Crippen molar-refractivity contribution in [2.75, 3.05) is 13.2 Å². The fourth-order valence-corrected chi connectivity index (χ4v) is 3.86. The molecule has 194 valence electrons. The highest BCUT2D eigenvalue weighted by Gasteiger charge is 2.62. The first-order chi connectivity index (χ1) is 16.3. The zero-order chi connectivity index (χ0) is 27.1. The number of hydrogen-bond donors (Lipinski definition) is 7. The van der Waals surface area contributed by atoms with Gasteiger partial charge in [0, 0.05) is 14.7 Å². The van der Waals surface area contributed by atoms with Crippen LogP contribution in [0, 0.1) is 0 Å². The van der Waals surface area contributed by atoms with Gasteiger partial charge in [-0.2, -0.15) is 0 Å². The summed E-state index contributed by atoms with van der Waals surface area (Å²) >= 11 is 0. The third-order valence-electron chi connectivity index (χ3n) is 5.47. The van der Waals surface area contributed by atoms with Crippen molar-refractivity contribution < 1.29 is 60.3 Å². The van der Waals surface area contributed by atoms with Gasteiger partial charge in [0.05, 0.1) is 18.7 Å². The Kier molecular flexibility index (Phi) is 9.84. The third kappa shape index (κ3) is 6.05. The molecule has 1 unspecified atom stereocenters. The standard InChI is InChI=1S/C19H31N3O12/c1-3-9(20)17(30)22(8(2)24)19(18(31)32,5-4-11(25)26)16-13(21)15(33-7-12(27)28)14(29)10(6-23)34-16/h9-10,13-16,23,29H,3-7,20-21H2,1-2H3,(H,25,26)(H,27,28)(H,31,32)/t9-,10+,13+,14+,15+,16?,19+/m0/s1/i1D. The normalized spacial score (nSPS) is 27.7. The Hall–Kier alpha value is -2.69. The highest BCUT2D eigenvalue weighted by molar-refractivity contribution is 6.02. The van der Waals surface area contributed by atoms with Crippen molar-refractivity contribution in [2.24, 2.45) is 11.5 Å². The number of hydrogen-bond acceptors (Lipinski definition) is 11. The molecule has 7 atom stereocenters. The minimum Gasteiger partial charge on any atom is -0.481 e. The van der Waals surface area contributed by atoms with E-state index >= 15 is 0 Å². The monoisotopic (exact) mass is 494 g/mol. The highest BCUT2D eigenvalue weighted by Crippen LogP contribution is 2.37. The number of nitrogens with two attached hydrogens (primary N) is 2. The molecule has 1 fully saturated rings. The van der Waals surface area contributed by atoms with Gasteiger partial charge in [-0.25, -0.2) is 9.59 Å². The second-order valence-electron chi connectivity index (χ2n) is 7.73. The van der Waals surface area contributed by atoms with E-state index in [1.165, 1.54) is 0 Å². The largest absolute Gasteiger partial charge is 0.481 e. The van der Waals surface area contributed by atoms with Gasteiger partial charge in [-0.1, -0.05) is 6.90 Å². The van der Waals surface area contributed by atoms with E-state index in [0.29, 0.717) is 0 Å². The van der Waals surface area contributed by atoms with Crippen molar-refractivity contribution in [1.82, 2.24) is 4.90 Å². The lowest BCUT2D eigenvalue weighted by Crippen LogP contribution is -2.76. The van der Waals surface area contributed by atoms with E-state index in [-0.39, 0.29) is 18.2 Å². The molecule has 0 aliphatic carbocycles. The number of aliphatic hydroxyl groups is 2. The van der Waals surface area contributed by atoms with Crippen molar-refractivity contribution in [3.63, 3.8) is 0 Å². The Morgan fingerprint density at radius 2 is 1.82 bits per heavy atom. The smallest absolute Gasteiger partial charge is 0.332 e. The maximum absolute atomic E-state index is 13.1. The van der Waals surface area contributed by atoms with E-state index in [1.807, 2.05) is 0 Å². The number of carboxylic acids is 3. The lowest BCUT2D eigenvalue weighted by Gasteiger charge is -2.51. The van der Waals surface area contributed by atoms with Crippen LogP contribution in [0.25, 0.3) is 0 Å². The van der Waals surface area contributed by atoms with Crippen LogP contribution in [0.3, 0.4) is 0 Å². The quantitative estimate of drug-likeness (QED) is 0.140. The molecule has 0 aromatic rings. The minimum atomic E-state index is -2.82. The van der Waals surface area contributed by atoms with E-state index in [1.54, 1.807) is 0 Å². The molecule has 15 heteroatoms. The number of rotatable bonds is 12. The van der Waals surface area contributed by atoms with Crippen LogP contribution in [-0.4, -0.2) is 115 Å². The SMILES string of the molecule is [2H]CC[C@H](N)C(=O)N(C(C)=O)[C@@](CCC(=O)O)(C(=O)O)C1O[C@H](CO)[C@@H](O)[C@H](OCC(=O)O)[C@H]1N. The number of aliphatic carboxylic acids is 3. The van der Waals surface area contributed by atoms with E-state index < -0.39 is 97.8 Å². The molecule has 0 spiro atoms. The highest BCUT2D eigenvalue weighted by atomic mass is 16.6. The van der Waals surface area contributed by atoms with Crippen LogP contribution in [0.15, 0.2) is 0 Å². The molecule has 0 radical (unpaired) electrons. The summed E-state index contributed by atoms with van der Waals surface area (Å²) in [6.45, 7) is -1.44. The number of nitrogens with zero attached hydrogens (tertiary/aromatic N) is 1. The predicted octanol–water partition coefficient (Wildman–Crippen LogP) is -3.30. The summed E-state index contributed by atoms with van der Waals surface area (Å²) in [5.74, 6) is -7.28. The molecule has 34 heavy (non-hydrogen) atoms. The van der Waals surface area contributed by atoms with Gasteiger partial charge in [0.1, 0.15) is 31.0 Å². The van der Waals surface area contributed by atoms with E-state index in [2.05, 4.69) is 0 Å². The van der Waals surface area contributed by atoms with Crippen molar-refractivity contribution >= 4 is 29.7 Å². The average Bonchev–Trinajstić information content (AvgIpc) is 2.76. The molecular formula is C19H31N3O12. The number of carbonyl (C=O) groups excluding carboxylic acids is 2. The first kappa shape index (κ1) is 27.6. The van der Waals surface area contributed by atoms with Gasteiger partial charge >= 0.3 is 17.9 Å². The lowest BCUT2D eigenvalue weighted by atomic mass is 9.76. The van der Waals surface area contributed by atoms with Crippen molar-refractivity contribution in [1.29, 1.82) is 0 Å². The molecule has 1 saturated heterocycles. The van der Waals surface area contributed by atoms with Crippen molar-refractivity contribution in [2.45, 2.75) is 75.1 Å². The third-order valence-corrected chi connectivity index (χ3v) is 5.47. The number of imide groups is 1. The van der Waals surface area contributed by atoms with Crippen molar-refractivity contribution in [3.05, 3.63) is 0 Å². The Morgan fingerprint density at radius 3 is 2.26 bits per heavy atom. The Bertz CT molecular complexity index is 814. The maximum Gasteiger partial charge on any atom is 0.332 e. The average molecular weight is 494 g/mol. The fourth-order valence-electron chi connectivity index (χ4n) is 3.86. The molecule has 0 aromatic heterocycles. The maximum atomic E-state index is 13.1. The van der Waals surface area contributed by atoms with E-state index in [9.17, 15) is 44.4 Å². The summed E-state index contributed by atoms with van der Waals surface area (Å²) in [7, 11) is 0. The van der Waals surface area contributed by atoms with Crippen LogP contribution in [0.4, 0.5) is 0 Å². The van der Waals surface area contributed by atoms with Crippen LogP contribution in [-0.2, 0) is 33.4 Å². The van der Waals surface area contributed by atoms with Gasteiger partial charge in [0.25, 0.3) is 0 Å². The number of ether oxygens (including phenoxy) is 2. The Balaban J connectivity index is 3.78. The first-order valence-corrected chi connectivity index (χ1v) is 10.1. The Labute approximate surface area is 195 Å². The van der Waals surface area contributed by atoms with Crippen LogP contribution in [0.1, 0.15) is 34.5 Å². The predicted molar refractivity (Wildman–Crippen MR) is 110 cm³/mol. The summed E-state index contributed by atoms with van der Waals surface area (Å²) in [6, 6.07) is -3.24. The summed E-state index contributed by atoms with van der Waals surface area (Å²) in [5, 5.41) is 48.6. The van der Waals surface area contributed by atoms with Gasteiger partial charge in [0.2, 0.25) is 11.8 Å². The molecular weight excluding hydrogens is 462 g/mol. The summed E-state index contributed by atoms with van der Waals surface area (Å²) < 4.78 is 17.9. The van der Waals surface area contributed by atoms with Gasteiger partial charge in [-0.05, 0) is 12.8 Å². The van der Waals surface area contributed by atoms with Crippen LogP contribution in [0.5, 0.6) is 0 Å². The molecule has 0 saturated carbocycles. The van der Waals surface area contributed by atoms with Crippen LogP contribution in [0.2, 0.25) is 0 Å². The number of carboxylic acid groups (broad SMARTS) is 3. The van der Waals surface area contributed by atoms with Crippen LogP contribution >= 0.6 is 0 Å². The molecule has 1 aliphatic rings. The van der Waals surface area contributed by atoms with Crippen molar-refractivity contribution in [3.8, 4) is 0 Å². The fraction of sp³-hybridized carbons (Fsp3) is 0.737. The molecule has 15 nitrogen and oxygen atoms in total. The zero-order valence-electron chi connectivity index (χ0n) is 19.4. The second-order valence-corrected chi connectivity index (χ2v) is 7.73. The summed E-state index contributed by atoms with van der Waals surface area (Å²) in [6.07, 6.45) is -9.06. The van der Waals surface area contributed by atoms with E-state index in [0.717, 1.165) is 6.92 Å². The number of aliphatic hydroxyl groups excluding tert-OH is 2. The zero-order valence-corrected chi connectivity index (χ0v) is 18.4. The van der Waals surface area contributed by atoms with Gasteiger partial charge in [-0.15, -0.1) is 0 Å². The topological polar surface area (TPSA) is 260 Å². The molecule has 2 amide bonds. The second kappa shape index (κ2) is 12.1. The molecule has 1 aliphatic heterocycles. The molecule has 0 bridgehead atoms.